The SMILES string of the molecule is C[CH2][Sn]([Cl])[CH2]C. The van der Waals surface area contributed by atoms with E-state index < -0.39 is 18.6 Å². The minimum atomic E-state index is -1.14. The summed E-state index contributed by atoms with van der Waals surface area (Å²) in [5.41, 5.74) is 0. The normalized spacial score (nSPS) is 10.0. The molecule has 0 nitrogen and oxygen atoms in total. The fraction of sp³-hybridized carbons (Fsp3) is 1.00. The summed E-state index contributed by atoms with van der Waals surface area (Å²) < 4.78 is 2.58. The first-order valence-corrected chi connectivity index (χ1v) is 9.96. The topological polar surface area (TPSA) is 0 Å². The first-order chi connectivity index (χ1) is 2.81. The quantitative estimate of drug-likeness (QED) is 0.616. The van der Waals surface area contributed by atoms with E-state index in [2.05, 4.69) is 13.8 Å². The monoisotopic (exact) mass is 213 g/mol. The van der Waals surface area contributed by atoms with Crippen molar-refractivity contribution in [3.8, 4) is 0 Å². The third kappa shape index (κ3) is 3.29. The summed E-state index contributed by atoms with van der Waals surface area (Å²) in [6.45, 7) is 4.37. The van der Waals surface area contributed by atoms with Crippen molar-refractivity contribution < 1.29 is 0 Å². The maximum atomic E-state index is 5.85. The Labute approximate surface area is 50.3 Å². The molecule has 2 heteroatoms. The summed E-state index contributed by atoms with van der Waals surface area (Å²) in [5.74, 6) is 0. The molecule has 0 heterocycles. The Hall–Kier alpha value is 1.09. The van der Waals surface area contributed by atoms with Crippen LogP contribution >= 0.6 is 8.92 Å². The van der Waals surface area contributed by atoms with E-state index in [0.29, 0.717) is 0 Å². The predicted molar refractivity (Wildman–Crippen MR) is 32.6 cm³/mol. The third-order valence-corrected chi connectivity index (χ3v) is 8.73. The summed E-state index contributed by atoms with van der Waals surface area (Å²) in [6, 6.07) is 0. The summed E-state index contributed by atoms with van der Waals surface area (Å²) in [6.07, 6.45) is 0. The van der Waals surface area contributed by atoms with Crippen molar-refractivity contribution in [2.45, 2.75) is 22.7 Å². The summed E-state index contributed by atoms with van der Waals surface area (Å²) in [4.78, 5) is 0. The molecule has 0 aliphatic rings. The molecule has 0 rings (SSSR count). The Bertz CT molecular complexity index is 26.7. The van der Waals surface area contributed by atoms with Crippen LogP contribution in [0.15, 0.2) is 0 Å². The molecule has 0 atom stereocenters. The zero-order chi connectivity index (χ0) is 4.99. The van der Waals surface area contributed by atoms with Crippen LogP contribution in [-0.2, 0) is 0 Å². The average molecular weight is 212 g/mol. The van der Waals surface area contributed by atoms with E-state index in [4.69, 9.17) is 8.92 Å². The second kappa shape index (κ2) is 4.25. The van der Waals surface area contributed by atoms with E-state index in [1.165, 1.54) is 8.87 Å². The Kier molecular flexibility index (Phi) is 5.02. The van der Waals surface area contributed by atoms with Crippen LogP contribution < -0.4 is 0 Å². The molecule has 0 bridgehead atoms. The molecule has 0 N–H and O–H groups in total. The van der Waals surface area contributed by atoms with Gasteiger partial charge in [0.1, 0.15) is 0 Å². The molecule has 37 valence electrons. The van der Waals surface area contributed by atoms with Crippen molar-refractivity contribution in [3.63, 3.8) is 0 Å². The van der Waals surface area contributed by atoms with Gasteiger partial charge in [0.2, 0.25) is 0 Å². The van der Waals surface area contributed by atoms with E-state index in [0.717, 1.165) is 0 Å². The van der Waals surface area contributed by atoms with Gasteiger partial charge in [0, 0.05) is 0 Å². The zero-order valence-electron chi connectivity index (χ0n) is 4.29. The van der Waals surface area contributed by atoms with Crippen LogP contribution in [0, 0.1) is 0 Å². The van der Waals surface area contributed by atoms with Gasteiger partial charge in [-0.15, -0.1) is 0 Å². The van der Waals surface area contributed by atoms with Gasteiger partial charge < -0.3 is 0 Å². The Balaban J connectivity index is 2.75. The molecule has 0 fully saturated rings. The van der Waals surface area contributed by atoms with E-state index >= 15 is 0 Å². The number of halogens is 1. The van der Waals surface area contributed by atoms with E-state index in [1.807, 2.05) is 0 Å². The van der Waals surface area contributed by atoms with E-state index in [-0.39, 0.29) is 0 Å². The first kappa shape index (κ1) is 7.09. The number of hydrogen-bond donors (Lipinski definition) is 0. The summed E-state index contributed by atoms with van der Waals surface area (Å²) in [5, 5.41) is 0. The Morgan fingerprint density at radius 2 is 1.67 bits per heavy atom. The van der Waals surface area contributed by atoms with Crippen molar-refractivity contribution >= 4 is 27.6 Å². The minimum absolute atomic E-state index is 1.14. The van der Waals surface area contributed by atoms with Crippen LogP contribution in [0.1, 0.15) is 13.8 Å². The van der Waals surface area contributed by atoms with Crippen molar-refractivity contribution in [3.05, 3.63) is 0 Å². The van der Waals surface area contributed by atoms with Gasteiger partial charge in [0.25, 0.3) is 0 Å². The average Bonchev–Trinajstić information content (AvgIpc) is 1.65. The maximum absolute atomic E-state index is 5.85. The van der Waals surface area contributed by atoms with Crippen LogP contribution in [-0.4, -0.2) is 18.6 Å². The fourth-order valence-corrected chi connectivity index (χ4v) is 1.68. The first-order valence-electron chi connectivity index (χ1n) is 2.31. The molecule has 0 aliphatic heterocycles. The molecular formula is C4H10ClSn. The van der Waals surface area contributed by atoms with Crippen molar-refractivity contribution in [1.82, 2.24) is 0 Å². The fourth-order valence-electron chi connectivity index (χ4n) is 0.250. The van der Waals surface area contributed by atoms with Gasteiger partial charge in [0.05, 0.1) is 0 Å². The molecule has 1 radical (unpaired) electrons. The molecule has 0 aliphatic carbocycles. The van der Waals surface area contributed by atoms with Crippen LogP contribution in [0.3, 0.4) is 0 Å². The van der Waals surface area contributed by atoms with E-state index in [1.54, 1.807) is 0 Å². The second-order valence-corrected chi connectivity index (χ2v) is 11.8. The molecule has 0 amide bonds. The molecule has 0 aromatic carbocycles. The van der Waals surface area contributed by atoms with E-state index in [9.17, 15) is 0 Å². The van der Waals surface area contributed by atoms with Crippen molar-refractivity contribution in [2.75, 3.05) is 0 Å². The van der Waals surface area contributed by atoms with Gasteiger partial charge in [-0.3, -0.25) is 0 Å². The molecule has 0 aromatic rings. The molecule has 0 spiro atoms. The van der Waals surface area contributed by atoms with Gasteiger partial charge in [0.15, 0.2) is 0 Å². The van der Waals surface area contributed by atoms with Crippen molar-refractivity contribution in [2.24, 2.45) is 0 Å². The third-order valence-electron chi connectivity index (χ3n) is 0.767. The summed E-state index contributed by atoms with van der Waals surface area (Å²) in [7, 11) is 5.85. The van der Waals surface area contributed by atoms with Gasteiger partial charge in [-0.05, 0) is 0 Å². The molecule has 0 aromatic heterocycles. The van der Waals surface area contributed by atoms with Gasteiger partial charge in [-0.25, -0.2) is 0 Å². The Morgan fingerprint density at radius 3 is 1.67 bits per heavy atom. The van der Waals surface area contributed by atoms with Crippen molar-refractivity contribution in [1.29, 1.82) is 0 Å². The molecular weight excluding hydrogens is 202 g/mol. The molecule has 0 unspecified atom stereocenters. The van der Waals surface area contributed by atoms with Crippen LogP contribution in [0.5, 0.6) is 0 Å². The molecule has 0 saturated carbocycles. The standard InChI is InChI=1S/2C2H5.ClH.Sn/c2*1-2;;/h2*1H2,2H3;1H;/q;;;+1/p-1. The Morgan fingerprint density at radius 1 is 1.33 bits per heavy atom. The molecule has 0 saturated heterocycles. The second-order valence-electron chi connectivity index (χ2n) is 1.22. The number of rotatable bonds is 2. The van der Waals surface area contributed by atoms with Crippen LogP contribution in [0.2, 0.25) is 8.87 Å². The van der Waals surface area contributed by atoms with Crippen LogP contribution in [0.25, 0.3) is 0 Å². The summed E-state index contributed by atoms with van der Waals surface area (Å²) >= 11 is -1.14. The van der Waals surface area contributed by atoms with Crippen LogP contribution in [0.4, 0.5) is 0 Å². The number of hydrogen-bond acceptors (Lipinski definition) is 0. The van der Waals surface area contributed by atoms with Gasteiger partial charge >= 0.3 is 50.3 Å². The van der Waals surface area contributed by atoms with Gasteiger partial charge in [-0.2, -0.15) is 0 Å². The predicted octanol–water partition coefficient (Wildman–Crippen LogP) is 2.26. The van der Waals surface area contributed by atoms with Gasteiger partial charge in [-0.1, -0.05) is 0 Å². The zero-order valence-corrected chi connectivity index (χ0v) is 7.90. The molecule has 6 heavy (non-hydrogen) atoms.